The van der Waals surface area contributed by atoms with E-state index < -0.39 is 10.0 Å². The number of hydrogen-bond donors (Lipinski definition) is 1. The third kappa shape index (κ3) is 3.51. The minimum Gasteiger partial charge on any atom is -0.346 e. The maximum absolute atomic E-state index is 12.5. The van der Waals surface area contributed by atoms with Gasteiger partial charge in [0.05, 0.1) is 18.0 Å². The lowest BCUT2D eigenvalue weighted by Crippen LogP contribution is -2.34. The molecule has 1 N–H and O–H groups in total. The molecule has 0 aliphatic carbocycles. The van der Waals surface area contributed by atoms with Crippen LogP contribution in [0.3, 0.4) is 0 Å². The summed E-state index contributed by atoms with van der Waals surface area (Å²) in [6.07, 6.45) is 5.18. The molecule has 0 unspecified atom stereocenters. The van der Waals surface area contributed by atoms with Crippen molar-refractivity contribution in [3.05, 3.63) is 59.4 Å². The van der Waals surface area contributed by atoms with Crippen LogP contribution in [0.4, 0.5) is 5.69 Å². The molecule has 1 aliphatic rings. The number of pyridine rings is 1. The van der Waals surface area contributed by atoms with Crippen LogP contribution in [-0.2, 0) is 16.4 Å². The number of rotatable bonds is 4. The van der Waals surface area contributed by atoms with Crippen molar-refractivity contribution >= 4 is 21.6 Å². The maximum Gasteiger partial charge on any atom is 0.251 e. The van der Waals surface area contributed by atoms with Gasteiger partial charge in [-0.25, -0.2) is 8.42 Å². The monoisotopic (exact) mass is 359 g/mol. The Morgan fingerprint density at radius 1 is 1.28 bits per heavy atom. The van der Waals surface area contributed by atoms with Crippen LogP contribution in [0.1, 0.15) is 41.4 Å². The van der Waals surface area contributed by atoms with Gasteiger partial charge in [0, 0.05) is 24.0 Å². The van der Waals surface area contributed by atoms with Crippen molar-refractivity contribution in [1.29, 1.82) is 0 Å². The summed E-state index contributed by atoms with van der Waals surface area (Å²) in [7, 11) is -3.33. The lowest BCUT2D eigenvalue weighted by molar-refractivity contribution is 0.0940. The summed E-state index contributed by atoms with van der Waals surface area (Å²) in [5.74, 6) is -0.183. The molecule has 0 spiro atoms. The molecule has 6 nitrogen and oxygen atoms in total. The summed E-state index contributed by atoms with van der Waals surface area (Å²) in [5, 5.41) is 2.96. The first-order chi connectivity index (χ1) is 11.8. The molecule has 132 valence electrons. The van der Waals surface area contributed by atoms with E-state index in [9.17, 15) is 13.2 Å². The SMILES string of the molecule is C[C@H](NC(=O)c1ccc2c(c1)C[C@@H](C)N2S(C)(=O)=O)c1ccncc1. The lowest BCUT2D eigenvalue weighted by Gasteiger charge is -2.22. The summed E-state index contributed by atoms with van der Waals surface area (Å²) in [4.78, 5) is 16.5. The third-order valence-corrected chi connectivity index (χ3v) is 5.68. The second-order valence-electron chi connectivity index (χ2n) is 6.43. The fourth-order valence-electron chi connectivity index (χ4n) is 3.26. The van der Waals surface area contributed by atoms with Crippen LogP contribution in [0, 0.1) is 0 Å². The van der Waals surface area contributed by atoms with Gasteiger partial charge >= 0.3 is 0 Å². The van der Waals surface area contributed by atoms with E-state index in [2.05, 4.69) is 10.3 Å². The summed E-state index contributed by atoms with van der Waals surface area (Å²) < 4.78 is 25.4. The van der Waals surface area contributed by atoms with E-state index >= 15 is 0 Å². The highest BCUT2D eigenvalue weighted by Gasteiger charge is 2.32. The standard InChI is InChI=1S/C18H21N3O3S/c1-12-10-16-11-15(4-5-17(16)21(12)25(3,23)24)18(22)20-13(2)14-6-8-19-9-7-14/h4-9,11-13H,10H2,1-3H3,(H,20,22)/t12-,13+/m1/s1. The number of hydrogen-bond acceptors (Lipinski definition) is 4. The normalized spacial score (nSPS) is 17.9. The number of anilines is 1. The zero-order valence-electron chi connectivity index (χ0n) is 14.4. The van der Waals surface area contributed by atoms with Gasteiger partial charge < -0.3 is 5.32 Å². The first-order valence-corrected chi connectivity index (χ1v) is 9.95. The van der Waals surface area contributed by atoms with Crippen LogP contribution in [0.5, 0.6) is 0 Å². The molecule has 2 aromatic rings. The van der Waals surface area contributed by atoms with E-state index in [4.69, 9.17) is 0 Å². The number of amides is 1. The van der Waals surface area contributed by atoms with E-state index in [0.717, 1.165) is 11.1 Å². The van der Waals surface area contributed by atoms with Crippen LogP contribution in [0.25, 0.3) is 0 Å². The van der Waals surface area contributed by atoms with Crippen LogP contribution < -0.4 is 9.62 Å². The summed E-state index contributed by atoms with van der Waals surface area (Å²) in [6.45, 7) is 3.78. The van der Waals surface area contributed by atoms with Crippen LogP contribution in [-0.4, -0.2) is 31.6 Å². The molecule has 0 saturated carbocycles. The van der Waals surface area contributed by atoms with Crippen molar-refractivity contribution in [1.82, 2.24) is 10.3 Å². The summed E-state index contributed by atoms with van der Waals surface area (Å²) >= 11 is 0. The van der Waals surface area contributed by atoms with Gasteiger partial charge in [-0.1, -0.05) is 0 Å². The smallest absolute Gasteiger partial charge is 0.251 e. The van der Waals surface area contributed by atoms with Crippen molar-refractivity contribution in [3.63, 3.8) is 0 Å². The molecule has 2 heterocycles. The first-order valence-electron chi connectivity index (χ1n) is 8.10. The van der Waals surface area contributed by atoms with Crippen molar-refractivity contribution in [3.8, 4) is 0 Å². The van der Waals surface area contributed by atoms with E-state index in [1.807, 2.05) is 26.0 Å². The molecular formula is C18H21N3O3S. The van der Waals surface area contributed by atoms with Crippen molar-refractivity contribution in [2.45, 2.75) is 32.4 Å². The van der Waals surface area contributed by atoms with Gasteiger partial charge in [-0.3, -0.25) is 14.1 Å². The summed E-state index contributed by atoms with van der Waals surface area (Å²) in [5.41, 5.74) is 3.04. The highest BCUT2D eigenvalue weighted by Crippen LogP contribution is 2.34. The van der Waals surface area contributed by atoms with Gasteiger partial charge in [0.2, 0.25) is 10.0 Å². The van der Waals surface area contributed by atoms with E-state index in [1.54, 1.807) is 30.6 Å². The van der Waals surface area contributed by atoms with Crippen LogP contribution >= 0.6 is 0 Å². The Labute approximate surface area is 147 Å². The predicted molar refractivity (Wildman–Crippen MR) is 97.0 cm³/mol. The Bertz CT molecular complexity index is 897. The Morgan fingerprint density at radius 2 is 1.96 bits per heavy atom. The fourth-order valence-corrected chi connectivity index (χ4v) is 4.53. The highest BCUT2D eigenvalue weighted by atomic mass is 32.2. The maximum atomic E-state index is 12.5. The molecule has 0 bridgehead atoms. The van der Waals surface area contributed by atoms with Crippen LogP contribution in [0.2, 0.25) is 0 Å². The molecule has 3 rings (SSSR count). The molecule has 2 atom stereocenters. The van der Waals surface area contributed by atoms with Gasteiger partial charge in [-0.05, 0) is 61.7 Å². The molecule has 0 saturated heterocycles. The van der Waals surface area contributed by atoms with Crippen molar-refractivity contribution in [2.75, 3.05) is 10.6 Å². The molecule has 7 heteroatoms. The van der Waals surface area contributed by atoms with E-state index in [0.29, 0.717) is 17.7 Å². The van der Waals surface area contributed by atoms with Crippen molar-refractivity contribution < 1.29 is 13.2 Å². The van der Waals surface area contributed by atoms with Gasteiger partial charge in [0.25, 0.3) is 5.91 Å². The number of aromatic nitrogens is 1. The molecule has 1 aromatic carbocycles. The molecule has 1 aromatic heterocycles. The second kappa shape index (κ2) is 6.48. The topological polar surface area (TPSA) is 79.4 Å². The minimum absolute atomic E-state index is 0.140. The zero-order chi connectivity index (χ0) is 18.2. The van der Waals surface area contributed by atoms with Crippen LogP contribution in [0.15, 0.2) is 42.7 Å². The highest BCUT2D eigenvalue weighted by molar-refractivity contribution is 7.92. The number of fused-ring (bicyclic) bond motifs is 1. The predicted octanol–water partition coefficient (Wildman–Crippen LogP) is 2.28. The average Bonchev–Trinajstić information content (AvgIpc) is 2.90. The lowest BCUT2D eigenvalue weighted by atomic mass is 10.1. The van der Waals surface area contributed by atoms with Gasteiger partial charge in [0.1, 0.15) is 0 Å². The van der Waals surface area contributed by atoms with E-state index in [1.165, 1.54) is 10.6 Å². The Morgan fingerprint density at radius 3 is 2.60 bits per heavy atom. The summed E-state index contributed by atoms with van der Waals surface area (Å²) in [6, 6.07) is 8.61. The molecule has 1 aliphatic heterocycles. The number of sulfonamides is 1. The quantitative estimate of drug-likeness (QED) is 0.908. The average molecular weight is 359 g/mol. The Balaban J connectivity index is 1.81. The van der Waals surface area contributed by atoms with Crippen molar-refractivity contribution in [2.24, 2.45) is 0 Å². The molecule has 25 heavy (non-hydrogen) atoms. The molecule has 0 fully saturated rings. The zero-order valence-corrected chi connectivity index (χ0v) is 15.2. The number of nitrogens with zero attached hydrogens (tertiary/aromatic N) is 2. The van der Waals surface area contributed by atoms with Gasteiger partial charge in [-0.2, -0.15) is 0 Å². The number of carbonyl (C=O) groups excluding carboxylic acids is 1. The number of carbonyl (C=O) groups is 1. The number of benzene rings is 1. The third-order valence-electron chi connectivity index (χ3n) is 4.41. The van der Waals surface area contributed by atoms with E-state index in [-0.39, 0.29) is 18.0 Å². The molecule has 0 radical (unpaired) electrons. The molecular weight excluding hydrogens is 338 g/mol. The second-order valence-corrected chi connectivity index (χ2v) is 8.29. The van der Waals surface area contributed by atoms with Gasteiger partial charge in [-0.15, -0.1) is 0 Å². The largest absolute Gasteiger partial charge is 0.346 e. The fraction of sp³-hybridized carbons (Fsp3) is 0.333. The molecule has 1 amide bonds. The first kappa shape index (κ1) is 17.4. The Hall–Kier alpha value is -2.41. The minimum atomic E-state index is -3.33. The van der Waals surface area contributed by atoms with Gasteiger partial charge in [0.15, 0.2) is 0 Å². The Kier molecular flexibility index (Phi) is 4.51. The number of nitrogens with one attached hydrogen (secondary N) is 1.